The molecule has 1 atom stereocenters. The number of ether oxygens (including phenoxy) is 1. The van der Waals surface area contributed by atoms with Gasteiger partial charge in [-0.25, -0.2) is 4.79 Å². The zero-order valence-corrected chi connectivity index (χ0v) is 18.1. The molecule has 2 heterocycles. The number of benzene rings is 2. The van der Waals surface area contributed by atoms with Crippen molar-refractivity contribution in [1.29, 1.82) is 0 Å². The molecule has 2 aromatic rings. The third-order valence-electron chi connectivity index (χ3n) is 6.20. The number of rotatable bonds is 5. The van der Waals surface area contributed by atoms with E-state index in [4.69, 9.17) is 9.84 Å². The molecule has 8 nitrogen and oxygen atoms in total. The van der Waals surface area contributed by atoms with Crippen molar-refractivity contribution in [1.82, 2.24) is 9.80 Å². The van der Waals surface area contributed by atoms with Gasteiger partial charge < -0.3 is 19.6 Å². The molecule has 0 spiro atoms. The molecule has 8 heteroatoms. The molecule has 0 aromatic heterocycles. The Bertz CT molecular complexity index is 999. The molecule has 0 saturated carbocycles. The molecule has 2 saturated heterocycles. The van der Waals surface area contributed by atoms with Crippen LogP contribution in [0, 0.1) is 0 Å². The molecular formula is C24H27N3O5. The van der Waals surface area contributed by atoms with E-state index in [0.29, 0.717) is 39.0 Å². The van der Waals surface area contributed by atoms with Gasteiger partial charge in [-0.15, -0.1) is 0 Å². The Morgan fingerprint density at radius 1 is 1.06 bits per heavy atom. The van der Waals surface area contributed by atoms with Crippen molar-refractivity contribution < 1.29 is 24.2 Å². The summed E-state index contributed by atoms with van der Waals surface area (Å²) in [5, 5.41) is 9.15. The quantitative estimate of drug-likeness (QED) is 0.724. The van der Waals surface area contributed by atoms with Gasteiger partial charge in [0.15, 0.2) is 0 Å². The molecule has 0 aliphatic carbocycles. The number of anilines is 1. The van der Waals surface area contributed by atoms with E-state index >= 15 is 0 Å². The number of carboxylic acid groups (broad SMARTS) is 1. The van der Waals surface area contributed by atoms with Crippen LogP contribution in [0.5, 0.6) is 5.75 Å². The molecule has 0 bridgehead atoms. The summed E-state index contributed by atoms with van der Waals surface area (Å²) in [7, 11) is 1.59. The van der Waals surface area contributed by atoms with Gasteiger partial charge in [-0.3, -0.25) is 14.5 Å². The van der Waals surface area contributed by atoms with Crippen LogP contribution in [0.2, 0.25) is 0 Å². The minimum absolute atomic E-state index is 0.150. The number of piperidine rings is 1. The second-order valence-corrected chi connectivity index (χ2v) is 8.11. The molecule has 32 heavy (non-hydrogen) atoms. The zero-order chi connectivity index (χ0) is 22.7. The summed E-state index contributed by atoms with van der Waals surface area (Å²) >= 11 is 0. The lowest BCUT2D eigenvalue weighted by atomic mass is 9.88. The van der Waals surface area contributed by atoms with Crippen molar-refractivity contribution in [2.75, 3.05) is 38.2 Å². The number of piperazine rings is 1. The molecular weight excluding hydrogens is 410 g/mol. The zero-order valence-electron chi connectivity index (χ0n) is 18.1. The maximum Gasteiger partial charge on any atom is 0.407 e. The Labute approximate surface area is 187 Å². The van der Waals surface area contributed by atoms with Crippen LogP contribution in [0.3, 0.4) is 0 Å². The fourth-order valence-corrected chi connectivity index (χ4v) is 4.32. The first-order valence-corrected chi connectivity index (χ1v) is 10.8. The van der Waals surface area contributed by atoms with E-state index in [-0.39, 0.29) is 24.3 Å². The Kier molecular flexibility index (Phi) is 6.30. The fraction of sp³-hybridized carbons (Fsp3) is 0.375. The maximum absolute atomic E-state index is 13.3. The standard InChI is InChI=1S/C24H27N3O5/c1-32-20-7-5-17(6-8-20)16-27-22(28)10-9-21(23(27)29)18-3-2-4-19(15-18)25-11-13-26(14-12-25)24(30)31/h2-8,15,21H,9-14,16H2,1H3,(H,30,31). The summed E-state index contributed by atoms with van der Waals surface area (Å²) < 4.78 is 5.17. The van der Waals surface area contributed by atoms with Gasteiger partial charge in [0, 0.05) is 38.3 Å². The van der Waals surface area contributed by atoms with E-state index in [9.17, 15) is 14.4 Å². The van der Waals surface area contributed by atoms with E-state index in [2.05, 4.69) is 4.90 Å². The molecule has 168 valence electrons. The highest BCUT2D eigenvalue weighted by molar-refractivity contribution is 6.01. The molecule has 3 amide bonds. The molecule has 4 rings (SSSR count). The number of imide groups is 1. The van der Waals surface area contributed by atoms with E-state index in [1.165, 1.54) is 9.80 Å². The van der Waals surface area contributed by atoms with Crippen LogP contribution in [0.15, 0.2) is 48.5 Å². The number of methoxy groups -OCH3 is 1. The van der Waals surface area contributed by atoms with Crippen LogP contribution in [-0.2, 0) is 16.1 Å². The molecule has 2 aliphatic rings. The lowest BCUT2D eigenvalue weighted by Gasteiger charge is -2.35. The number of carbonyl (C=O) groups excluding carboxylic acids is 2. The summed E-state index contributed by atoms with van der Waals surface area (Å²) in [6.07, 6.45) is -0.0750. The summed E-state index contributed by atoms with van der Waals surface area (Å²) in [6.45, 7) is 2.36. The van der Waals surface area contributed by atoms with Gasteiger partial charge in [0.05, 0.1) is 19.6 Å². The smallest absolute Gasteiger partial charge is 0.407 e. The van der Waals surface area contributed by atoms with Crippen LogP contribution in [-0.4, -0.2) is 66.1 Å². The number of hydrogen-bond acceptors (Lipinski definition) is 5. The van der Waals surface area contributed by atoms with Crippen LogP contribution >= 0.6 is 0 Å². The predicted molar refractivity (Wildman–Crippen MR) is 119 cm³/mol. The monoisotopic (exact) mass is 437 g/mol. The highest BCUT2D eigenvalue weighted by Crippen LogP contribution is 2.32. The lowest BCUT2D eigenvalue weighted by molar-refractivity contribution is -0.150. The molecule has 1 unspecified atom stereocenters. The third kappa shape index (κ3) is 4.54. The lowest BCUT2D eigenvalue weighted by Crippen LogP contribution is -2.48. The minimum Gasteiger partial charge on any atom is -0.497 e. The topological polar surface area (TPSA) is 90.4 Å². The Balaban J connectivity index is 1.48. The maximum atomic E-state index is 13.3. The summed E-state index contributed by atoms with van der Waals surface area (Å²) in [6, 6.07) is 15.2. The van der Waals surface area contributed by atoms with Crippen molar-refractivity contribution in [3.05, 3.63) is 59.7 Å². The van der Waals surface area contributed by atoms with Gasteiger partial charge in [-0.1, -0.05) is 24.3 Å². The van der Waals surface area contributed by atoms with Crippen molar-refractivity contribution >= 4 is 23.6 Å². The Hall–Kier alpha value is -3.55. The summed E-state index contributed by atoms with van der Waals surface area (Å²) in [4.78, 5) is 41.8. The third-order valence-corrected chi connectivity index (χ3v) is 6.20. The first-order chi connectivity index (χ1) is 15.5. The Morgan fingerprint density at radius 3 is 2.44 bits per heavy atom. The first kappa shape index (κ1) is 21.7. The fourth-order valence-electron chi connectivity index (χ4n) is 4.32. The van der Waals surface area contributed by atoms with Gasteiger partial charge in [0.1, 0.15) is 5.75 Å². The number of hydrogen-bond donors (Lipinski definition) is 1. The largest absolute Gasteiger partial charge is 0.497 e. The highest BCUT2D eigenvalue weighted by atomic mass is 16.5. The van der Waals surface area contributed by atoms with E-state index < -0.39 is 6.09 Å². The summed E-state index contributed by atoms with van der Waals surface area (Å²) in [5.41, 5.74) is 2.73. The van der Waals surface area contributed by atoms with E-state index in [1.807, 2.05) is 48.5 Å². The van der Waals surface area contributed by atoms with Crippen LogP contribution in [0.4, 0.5) is 10.5 Å². The average Bonchev–Trinajstić information content (AvgIpc) is 2.82. The van der Waals surface area contributed by atoms with Crippen molar-refractivity contribution in [2.24, 2.45) is 0 Å². The summed E-state index contributed by atoms with van der Waals surface area (Å²) in [5.74, 6) is 0.0306. The normalized spacial score (nSPS) is 19.3. The van der Waals surface area contributed by atoms with Gasteiger partial charge in [-0.05, 0) is 41.8 Å². The molecule has 1 N–H and O–H groups in total. The number of likely N-dealkylation sites (tertiary alicyclic amines) is 1. The van der Waals surface area contributed by atoms with Crippen molar-refractivity contribution in [2.45, 2.75) is 25.3 Å². The van der Waals surface area contributed by atoms with E-state index in [1.54, 1.807) is 7.11 Å². The molecule has 2 fully saturated rings. The average molecular weight is 437 g/mol. The van der Waals surface area contributed by atoms with Gasteiger partial charge in [0.25, 0.3) is 0 Å². The van der Waals surface area contributed by atoms with Crippen LogP contribution in [0.1, 0.15) is 29.9 Å². The number of carbonyl (C=O) groups is 3. The minimum atomic E-state index is -0.896. The SMILES string of the molecule is COc1ccc(CN2C(=O)CCC(c3cccc(N4CCN(C(=O)O)CC4)c3)C2=O)cc1. The second kappa shape index (κ2) is 9.30. The molecule has 0 radical (unpaired) electrons. The number of nitrogens with zero attached hydrogens (tertiary/aromatic N) is 3. The van der Waals surface area contributed by atoms with Crippen molar-refractivity contribution in [3.8, 4) is 5.75 Å². The molecule has 2 aliphatic heterocycles. The predicted octanol–water partition coefficient (Wildman–Crippen LogP) is 2.93. The second-order valence-electron chi connectivity index (χ2n) is 8.11. The van der Waals surface area contributed by atoms with Crippen LogP contribution in [0.25, 0.3) is 0 Å². The van der Waals surface area contributed by atoms with Crippen LogP contribution < -0.4 is 9.64 Å². The molecule has 2 aromatic carbocycles. The van der Waals surface area contributed by atoms with Gasteiger partial charge in [0.2, 0.25) is 11.8 Å². The Morgan fingerprint density at radius 2 is 1.78 bits per heavy atom. The van der Waals surface area contributed by atoms with Gasteiger partial charge in [-0.2, -0.15) is 0 Å². The first-order valence-electron chi connectivity index (χ1n) is 10.8. The van der Waals surface area contributed by atoms with E-state index in [0.717, 1.165) is 22.6 Å². The van der Waals surface area contributed by atoms with Gasteiger partial charge >= 0.3 is 6.09 Å². The van der Waals surface area contributed by atoms with Crippen molar-refractivity contribution in [3.63, 3.8) is 0 Å². The highest BCUT2D eigenvalue weighted by Gasteiger charge is 2.35. The number of amides is 3.